The highest BCUT2D eigenvalue weighted by Crippen LogP contribution is 2.34. The van der Waals surface area contributed by atoms with Crippen LogP contribution < -0.4 is 0 Å². The SMILES string of the molecule is Cc1[nH]c2c(ccc3c2ccc2c(C)c(C)[nH]c23)c1C. The highest BCUT2D eigenvalue weighted by Gasteiger charge is 2.12. The number of rotatable bonds is 0. The van der Waals surface area contributed by atoms with Gasteiger partial charge in [-0.05, 0) is 38.8 Å². The first-order valence-electron chi connectivity index (χ1n) is 7.07. The molecule has 0 saturated heterocycles. The molecule has 2 heteroatoms. The van der Waals surface area contributed by atoms with E-state index in [-0.39, 0.29) is 0 Å². The van der Waals surface area contributed by atoms with Gasteiger partial charge in [-0.25, -0.2) is 0 Å². The molecule has 2 N–H and O–H groups in total. The number of nitrogens with one attached hydrogen (secondary N) is 2. The lowest BCUT2D eigenvalue weighted by Crippen LogP contribution is -1.79. The fourth-order valence-electron chi connectivity index (χ4n) is 3.27. The molecule has 4 rings (SSSR count). The van der Waals surface area contributed by atoms with E-state index in [1.807, 2.05) is 0 Å². The summed E-state index contributed by atoms with van der Waals surface area (Å²) in [5.41, 5.74) is 7.72. The Kier molecular flexibility index (Phi) is 2.12. The first kappa shape index (κ1) is 11.6. The summed E-state index contributed by atoms with van der Waals surface area (Å²) in [6.07, 6.45) is 0. The molecular weight excluding hydrogens is 244 g/mol. The van der Waals surface area contributed by atoms with Gasteiger partial charge in [-0.3, -0.25) is 0 Å². The van der Waals surface area contributed by atoms with Gasteiger partial charge in [0.1, 0.15) is 0 Å². The second-order valence-electron chi connectivity index (χ2n) is 5.82. The first-order valence-corrected chi connectivity index (χ1v) is 7.07. The summed E-state index contributed by atoms with van der Waals surface area (Å²) in [6.45, 7) is 8.65. The number of aryl methyl sites for hydroxylation is 4. The predicted octanol–water partition coefficient (Wildman–Crippen LogP) is 5.04. The number of fused-ring (bicyclic) bond motifs is 5. The maximum absolute atomic E-state index is 3.54. The van der Waals surface area contributed by atoms with E-state index in [4.69, 9.17) is 0 Å². The largest absolute Gasteiger partial charge is 0.358 e. The lowest BCUT2D eigenvalue weighted by molar-refractivity contribution is 1.26. The molecule has 0 atom stereocenters. The fourth-order valence-corrected chi connectivity index (χ4v) is 3.27. The predicted molar refractivity (Wildman–Crippen MR) is 86.6 cm³/mol. The van der Waals surface area contributed by atoms with E-state index in [1.165, 1.54) is 55.1 Å². The van der Waals surface area contributed by atoms with Crippen LogP contribution in [0.15, 0.2) is 24.3 Å². The van der Waals surface area contributed by atoms with Crippen LogP contribution in [0.4, 0.5) is 0 Å². The van der Waals surface area contributed by atoms with Crippen molar-refractivity contribution < 1.29 is 0 Å². The lowest BCUT2D eigenvalue weighted by Gasteiger charge is -2.02. The van der Waals surface area contributed by atoms with E-state index >= 15 is 0 Å². The molecule has 0 spiro atoms. The average molecular weight is 262 g/mol. The first-order chi connectivity index (χ1) is 9.58. The minimum absolute atomic E-state index is 1.25. The summed E-state index contributed by atoms with van der Waals surface area (Å²) >= 11 is 0. The Labute approximate surface area is 117 Å². The summed E-state index contributed by atoms with van der Waals surface area (Å²) < 4.78 is 0. The Hall–Kier alpha value is -2.22. The highest BCUT2D eigenvalue weighted by atomic mass is 14.7. The van der Waals surface area contributed by atoms with E-state index in [0.717, 1.165) is 0 Å². The Morgan fingerprint density at radius 3 is 1.30 bits per heavy atom. The average Bonchev–Trinajstić information content (AvgIpc) is 2.89. The van der Waals surface area contributed by atoms with Crippen molar-refractivity contribution in [2.45, 2.75) is 27.7 Å². The van der Waals surface area contributed by atoms with Gasteiger partial charge < -0.3 is 9.97 Å². The standard InChI is InChI=1S/C18H18N2/c1-9-11(3)19-17-13(9)5-7-16-15(17)8-6-14-10(2)12(4)20-18(14)16/h5-8,19-20H,1-4H3. The topological polar surface area (TPSA) is 31.6 Å². The molecule has 20 heavy (non-hydrogen) atoms. The van der Waals surface area contributed by atoms with Gasteiger partial charge in [-0.15, -0.1) is 0 Å². The van der Waals surface area contributed by atoms with Crippen molar-refractivity contribution >= 4 is 32.6 Å². The second-order valence-corrected chi connectivity index (χ2v) is 5.82. The molecule has 0 fully saturated rings. The monoisotopic (exact) mass is 262 g/mol. The summed E-state index contributed by atoms with van der Waals surface area (Å²) in [6, 6.07) is 8.97. The summed E-state index contributed by atoms with van der Waals surface area (Å²) in [7, 11) is 0. The molecule has 0 aliphatic rings. The van der Waals surface area contributed by atoms with Gasteiger partial charge in [0.15, 0.2) is 0 Å². The zero-order valence-electron chi connectivity index (χ0n) is 12.3. The van der Waals surface area contributed by atoms with Gasteiger partial charge in [-0.2, -0.15) is 0 Å². The maximum atomic E-state index is 3.54. The van der Waals surface area contributed by atoms with Gasteiger partial charge in [0.05, 0.1) is 11.0 Å². The van der Waals surface area contributed by atoms with Crippen LogP contribution in [0.3, 0.4) is 0 Å². The van der Waals surface area contributed by atoms with Gasteiger partial charge in [-0.1, -0.05) is 24.3 Å². The minimum Gasteiger partial charge on any atom is -0.358 e. The zero-order valence-corrected chi connectivity index (χ0v) is 12.3. The van der Waals surface area contributed by atoms with E-state index in [0.29, 0.717) is 0 Å². The van der Waals surface area contributed by atoms with Crippen LogP contribution in [0, 0.1) is 27.7 Å². The third-order valence-corrected chi connectivity index (χ3v) is 4.76. The van der Waals surface area contributed by atoms with Crippen molar-refractivity contribution in [2.24, 2.45) is 0 Å². The molecule has 0 bridgehead atoms. The molecule has 0 aliphatic carbocycles. The fraction of sp³-hybridized carbons (Fsp3) is 0.222. The minimum atomic E-state index is 1.25. The van der Waals surface area contributed by atoms with Crippen LogP contribution in [0.1, 0.15) is 22.5 Å². The molecule has 0 saturated carbocycles. The number of aromatic nitrogens is 2. The van der Waals surface area contributed by atoms with Gasteiger partial charge in [0.25, 0.3) is 0 Å². The number of aromatic amines is 2. The van der Waals surface area contributed by atoms with E-state index < -0.39 is 0 Å². The molecule has 4 aromatic rings. The van der Waals surface area contributed by atoms with Crippen LogP contribution >= 0.6 is 0 Å². The maximum Gasteiger partial charge on any atom is 0.0539 e. The molecule has 2 aromatic heterocycles. The van der Waals surface area contributed by atoms with E-state index in [1.54, 1.807) is 0 Å². The number of hydrogen-bond acceptors (Lipinski definition) is 0. The normalized spacial score (nSPS) is 12.0. The molecule has 2 aromatic carbocycles. The Balaban J connectivity index is 2.27. The number of H-pyrrole nitrogens is 2. The third-order valence-electron chi connectivity index (χ3n) is 4.76. The Morgan fingerprint density at radius 2 is 0.900 bits per heavy atom. The molecule has 0 aliphatic heterocycles. The quantitative estimate of drug-likeness (QED) is 0.445. The third kappa shape index (κ3) is 1.29. The van der Waals surface area contributed by atoms with Crippen molar-refractivity contribution in [1.82, 2.24) is 9.97 Å². The van der Waals surface area contributed by atoms with Crippen LogP contribution in [-0.2, 0) is 0 Å². The molecule has 2 nitrogen and oxygen atoms in total. The smallest absolute Gasteiger partial charge is 0.0539 e. The highest BCUT2D eigenvalue weighted by molar-refractivity contribution is 6.16. The van der Waals surface area contributed by atoms with Crippen LogP contribution in [0.5, 0.6) is 0 Å². The van der Waals surface area contributed by atoms with Crippen molar-refractivity contribution in [3.63, 3.8) is 0 Å². The molecule has 100 valence electrons. The van der Waals surface area contributed by atoms with Gasteiger partial charge in [0, 0.05) is 32.9 Å². The summed E-state index contributed by atoms with van der Waals surface area (Å²) in [4.78, 5) is 7.08. The molecular formula is C18H18N2. The zero-order chi connectivity index (χ0) is 14.0. The summed E-state index contributed by atoms with van der Waals surface area (Å²) in [5.74, 6) is 0. The van der Waals surface area contributed by atoms with Crippen molar-refractivity contribution in [1.29, 1.82) is 0 Å². The van der Waals surface area contributed by atoms with Gasteiger partial charge >= 0.3 is 0 Å². The number of benzene rings is 2. The van der Waals surface area contributed by atoms with Crippen molar-refractivity contribution in [3.05, 3.63) is 46.8 Å². The molecule has 2 heterocycles. The van der Waals surface area contributed by atoms with Crippen molar-refractivity contribution in [3.8, 4) is 0 Å². The van der Waals surface area contributed by atoms with Crippen LogP contribution in [0.2, 0.25) is 0 Å². The van der Waals surface area contributed by atoms with Crippen LogP contribution in [0.25, 0.3) is 32.6 Å². The van der Waals surface area contributed by atoms with E-state index in [9.17, 15) is 0 Å². The van der Waals surface area contributed by atoms with Crippen LogP contribution in [-0.4, -0.2) is 9.97 Å². The van der Waals surface area contributed by atoms with Gasteiger partial charge in [0.2, 0.25) is 0 Å². The molecule has 0 unspecified atom stereocenters. The van der Waals surface area contributed by atoms with Crippen molar-refractivity contribution in [2.75, 3.05) is 0 Å². The summed E-state index contributed by atoms with van der Waals surface area (Å²) in [5, 5.41) is 5.25. The second kappa shape index (κ2) is 3.66. The lowest BCUT2D eigenvalue weighted by atomic mass is 10.0. The molecule has 0 radical (unpaired) electrons. The number of hydrogen-bond donors (Lipinski definition) is 2. The Bertz CT molecular complexity index is 902. The van der Waals surface area contributed by atoms with E-state index in [2.05, 4.69) is 61.9 Å². The Morgan fingerprint density at radius 1 is 0.550 bits per heavy atom. The molecule has 0 amide bonds.